The van der Waals surface area contributed by atoms with E-state index in [1.807, 2.05) is 0 Å². The molecule has 1 aliphatic heterocycles. The third kappa shape index (κ3) is 5.21. The first-order valence-corrected chi connectivity index (χ1v) is 12.3. The van der Waals surface area contributed by atoms with Crippen molar-refractivity contribution in [3.8, 4) is 0 Å². The molecule has 11 heteroatoms. The Morgan fingerprint density at radius 1 is 1.23 bits per heavy atom. The van der Waals surface area contributed by atoms with Crippen LogP contribution in [0.4, 0.5) is 5.69 Å². The van der Waals surface area contributed by atoms with Crippen LogP contribution in [0.3, 0.4) is 0 Å². The monoisotopic (exact) mass is 541 g/mol. The highest BCUT2D eigenvalue weighted by Crippen LogP contribution is 2.59. The average molecular weight is 542 g/mol. The molecule has 39 heavy (non-hydrogen) atoms. The fourth-order valence-corrected chi connectivity index (χ4v) is 5.26. The zero-order chi connectivity index (χ0) is 29.1. The van der Waals surface area contributed by atoms with E-state index in [2.05, 4.69) is 13.2 Å². The Balaban J connectivity index is 2.15. The van der Waals surface area contributed by atoms with Crippen molar-refractivity contribution in [2.45, 2.75) is 51.7 Å². The highest BCUT2D eigenvalue weighted by atomic mass is 16.6. The van der Waals surface area contributed by atoms with Gasteiger partial charge in [-0.2, -0.15) is 0 Å². The molecule has 0 saturated heterocycles. The molecule has 208 valence electrons. The summed E-state index contributed by atoms with van der Waals surface area (Å²) in [5.41, 5.74) is -2.71. The molecule has 1 aromatic rings. The summed E-state index contributed by atoms with van der Waals surface area (Å²) in [5, 5.41) is 11.0. The number of non-ortho nitro benzene ring substituents is 1. The largest absolute Gasteiger partial charge is 0.466 e. The Morgan fingerprint density at radius 2 is 1.87 bits per heavy atom. The number of nitro groups is 1. The van der Waals surface area contributed by atoms with Crippen LogP contribution in [0.2, 0.25) is 0 Å². The molecule has 3 rings (SSSR count). The first-order valence-electron chi connectivity index (χ1n) is 12.3. The van der Waals surface area contributed by atoms with Gasteiger partial charge in [0.15, 0.2) is 0 Å². The second-order valence-electron chi connectivity index (χ2n) is 9.71. The first kappa shape index (κ1) is 29.3. The molecular formula is C28H31NO10. The topological polar surface area (TPSA) is 148 Å². The van der Waals surface area contributed by atoms with Crippen LogP contribution in [-0.2, 0) is 33.3 Å². The number of carbonyl (C=O) groups excluding carboxylic acids is 4. The van der Waals surface area contributed by atoms with Crippen LogP contribution in [0.1, 0.15) is 50.4 Å². The number of allylic oxidation sites excluding steroid dienone is 1. The van der Waals surface area contributed by atoms with E-state index < -0.39 is 57.9 Å². The Labute approximate surface area is 225 Å². The number of ether oxygens (including phenoxy) is 4. The number of hydrogen-bond donors (Lipinski definition) is 0. The zero-order valence-electron chi connectivity index (χ0n) is 22.3. The van der Waals surface area contributed by atoms with E-state index in [-0.39, 0.29) is 42.2 Å². The molecule has 1 spiro atoms. The van der Waals surface area contributed by atoms with Crippen LogP contribution in [0.25, 0.3) is 0 Å². The summed E-state index contributed by atoms with van der Waals surface area (Å²) >= 11 is 0. The maximum atomic E-state index is 13.2. The van der Waals surface area contributed by atoms with Gasteiger partial charge in [-0.15, -0.1) is 6.58 Å². The fraction of sp³-hybridized carbons (Fsp3) is 0.429. The van der Waals surface area contributed by atoms with Gasteiger partial charge in [-0.1, -0.05) is 18.2 Å². The van der Waals surface area contributed by atoms with Crippen molar-refractivity contribution in [1.82, 2.24) is 0 Å². The van der Waals surface area contributed by atoms with Crippen LogP contribution < -0.4 is 0 Å². The van der Waals surface area contributed by atoms with E-state index in [1.54, 1.807) is 20.8 Å². The molecule has 11 nitrogen and oxygen atoms in total. The summed E-state index contributed by atoms with van der Waals surface area (Å²) in [6.07, 6.45) is 0.483. The van der Waals surface area contributed by atoms with Crippen molar-refractivity contribution >= 4 is 29.6 Å². The maximum absolute atomic E-state index is 13.2. The van der Waals surface area contributed by atoms with Gasteiger partial charge in [-0.25, -0.2) is 14.4 Å². The van der Waals surface area contributed by atoms with E-state index in [0.717, 1.165) is 7.11 Å². The maximum Gasteiger partial charge on any atom is 0.346 e. The molecule has 0 amide bonds. The van der Waals surface area contributed by atoms with Crippen molar-refractivity contribution in [3.63, 3.8) is 0 Å². The highest BCUT2D eigenvalue weighted by Gasteiger charge is 2.66. The van der Waals surface area contributed by atoms with Crippen molar-refractivity contribution in [2.75, 3.05) is 13.7 Å². The molecule has 0 aromatic heterocycles. The van der Waals surface area contributed by atoms with E-state index in [4.69, 9.17) is 18.9 Å². The molecule has 2 aliphatic rings. The predicted octanol–water partition coefficient (Wildman–Crippen LogP) is 4.02. The van der Waals surface area contributed by atoms with E-state index in [9.17, 15) is 29.3 Å². The second-order valence-corrected chi connectivity index (χ2v) is 9.71. The Kier molecular flexibility index (Phi) is 8.42. The summed E-state index contributed by atoms with van der Waals surface area (Å²) in [6, 6.07) is 4.92. The van der Waals surface area contributed by atoms with Gasteiger partial charge in [0.2, 0.25) is 0 Å². The molecule has 0 radical (unpaired) electrons. The lowest BCUT2D eigenvalue weighted by atomic mass is 9.55. The summed E-state index contributed by atoms with van der Waals surface area (Å²) in [4.78, 5) is 62.2. The average Bonchev–Trinajstić information content (AvgIpc) is 3.17. The van der Waals surface area contributed by atoms with Crippen LogP contribution in [0.15, 0.2) is 60.2 Å². The van der Waals surface area contributed by atoms with Gasteiger partial charge < -0.3 is 18.9 Å². The molecule has 0 N–H and O–H groups in total. The summed E-state index contributed by atoms with van der Waals surface area (Å²) in [7, 11) is 1.11. The molecule has 0 unspecified atom stereocenters. The molecule has 1 fully saturated rings. The number of methoxy groups -OCH3 is 1. The number of hydrogen-bond acceptors (Lipinski definition) is 10. The second kappa shape index (κ2) is 11.2. The van der Waals surface area contributed by atoms with Gasteiger partial charge in [0.1, 0.15) is 17.3 Å². The van der Waals surface area contributed by atoms with Gasteiger partial charge >= 0.3 is 23.9 Å². The third-order valence-electron chi connectivity index (χ3n) is 7.53. The lowest BCUT2D eigenvalue weighted by molar-refractivity contribution is -0.384. The minimum Gasteiger partial charge on any atom is -0.466 e. The Bertz CT molecular complexity index is 1260. The molecule has 0 bridgehead atoms. The van der Waals surface area contributed by atoms with Crippen molar-refractivity contribution < 1.29 is 43.0 Å². The number of nitrogens with zero attached hydrogens (tertiary/aromatic N) is 1. The normalized spacial score (nSPS) is 26.0. The van der Waals surface area contributed by atoms with Crippen molar-refractivity contribution in [1.29, 1.82) is 0 Å². The summed E-state index contributed by atoms with van der Waals surface area (Å²) in [6.45, 7) is 13.1. The smallest absolute Gasteiger partial charge is 0.346 e. The lowest BCUT2D eigenvalue weighted by Crippen LogP contribution is -2.60. The van der Waals surface area contributed by atoms with E-state index >= 15 is 0 Å². The third-order valence-corrected chi connectivity index (χ3v) is 7.53. The molecular weight excluding hydrogens is 510 g/mol. The number of benzene rings is 1. The Hall–Kier alpha value is -4.28. The SMILES string of the molecule is C=C[C@@]1(C)[C@@H](OC(=O)c2ccc([N+](=O)[O-])cc2)C[C@@H](C(=C)C)C[C@@]12OC(=O)C(C(=O)OC)=C2CC(=O)OCC. The molecule has 1 saturated carbocycles. The van der Waals surface area contributed by atoms with Crippen LogP contribution in [0, 0.1) is 21.4 Å². The standard InChI is InChI=1S/C28H31NO10/c1-7-27(5)21(38-24(31)17-9-11-19(12-10-17)29(34)35)13-18(16(3)4)15-28(27)20(14-22(30)37-8-2)23(25(32)36-6)26(33)39-28/h7,9-12,18,21H,1,3,8,13-15H2,2,4-6H3/t18-,21+,27+,28+/m1/s1. The molecule has 1 heterocycles. The molecule has 1 aliphatic carbocycles. The number of rotatable bonds is 9. The van der Waals surface area contributed by atoms with Crippen LogP contribution in [-0.4, -0.2) is 54.2 Å². The number of esters is 4. The van der Waals surface area contributed by atoms with E-state index in [1.165, 1.54) is 30.3 Å². The quantitative estimate of drug-likeness (QED) is 0.112. The molecule has 1 aromatic carbocycles. The van der Waals surface area contributed by atoms with Gasteiger partial charge in [0, 0.05) is 17.7 Å². The Morgan fingerprint density at radius 3 is 2.38 bits per heavy atom. The fourth-order valence-electron chi connectivity index (χ4n) is 5.26. The first-order chi connectivity index (χ1) is 18.3. The number of nitro benzene ring substituents is 1. The summed E-state index contributed by atoms with van der Waals surface area (Å²) < 4.78 is 21.9. The van der Waals surface area contributed by atoms with Crippen molar-refractivity contribution in [2.24, 2.45) is 11.3 Å². The zero-order valence-corrected chi connectivity index (χ0v) is 22.3. The lowest BCUT2D eigenvalue weighted by Gasteiger charge is -2.54. The highest BCUT2D eigenvalue weighted by molar-refractivity contribution is 6.17. The van der Waals surface area contributed by atoms with Gasteiger partial charge in [-0.3, -0.25) is 14.9 Å². The van der Waals surface area contributed by atoms with Crippen LogP contribution in [0.5, 0.6) is 0 Å². The summed E-state index contributed by atoms with van der Waals surface area (Å²) in [5.74, 6) is -3.75. The number of carbonyl (C=O) groups is 4. The van der Waals surface area contributed by atoms with E-state index in [0.29, 0.717) is 5.57 Å². The predicted molar refractivity (Wildman–Crippen MR) is 137 cm³/mol. The minimum atomic E-state index is -1.62. The van der Waals surface area contributed by atoms with Crippen molar-refractivity contribution in [3.05, 3.63) is 75.9 Å². The van der Waals surface area contributed by atoms with Gasteiger partial charge in [0.25, 0.3) is 5.69 Å². The van der Waals surface area contributed by atoms with Crippen LogP contribution >= 0.6 is 0 Å². The molecule has 4 atom stereocenters. The van der Waals surface area contributed by atoms with Gasteiger partial charge in [0.05, 0.1) is 36.0 Å². The minimum absolute atomic E-state index is 0.0579. The van der Waals surface area contributed by atoms with Gasteiger partial charge in [-0.05, 0) is 51.7 Å².